The number of piperidine rings is 1. The number of thiophene rings is 1. The van der Waals surface area contributed by atoms with Crippen molar-refractivity contribution in [1.29, 1.82) is 0 Å². The zero-order valence-corrected chi connectivity index (χ0v) is 17.7. The Morgan fingerprint density at radius 3 is 2.46 bits per heavy atom. The predicted octanol–water partition coefficient (Wildman–Crippen LogP) is 1.93. The highest BCUT2D eigenvalue weighted by Crippen LogP contribution is 2.24. The molecule has 0 spiro atoms. The standard InChI is InChI=1S/C18H23N3O5S2/c1-12-4-5-16(27-12)15(22)11-26-18(23)14-6-8-21(9-7-14)28(24,25)17-10-20(3)13(2)19-17/h4-5,10,14H,6-9,11H2,1-3H3. The summed E-state index contributed by atoms with van der Waals surface area (Å²) in [5, 5.41) is 0.0189. The van der Waals surface area contributed by atoms with Crippen LogP contribution in [0.4, 0.5) is 0 Å². The van der Waals surface area contributed by atoms with Crippen LogP contribution in [0.2, 0.25) is 0 Å². The predicted molar refractivity (Wildman–Crippen MR) is 104 cm³/mol. The van der Waals surface area contributed by atoms with Crippen LogP contribution in [0.3, 0.4) is 0 Å². The molecule has 10 heteroatoms. The molecule has 0 atom stereocenters. The lowest BCUT2D eigenvalue weighted by atomic mass is 9.98. The largest absolute Gasteiger partial charge is 0.457 e. The van der Waals surface area contributed by atoms with Crippen molar-refractivity contribution in [2.45, 2.75) is 31.7 Å². The highest BCUT2D eigenvalue weighted by Gasteiger charge is 2.34. The third-order valence-electron chi connectivity index (χ3n) is 4.84. The van der Waals surface area contributed by atoms with E-state index in [-0.39, 0.29) is 30.5 Å². The first kappa shape index (κ1) is 20.7. The molecule has 0 unspecified atom stereocenters. The molecule has 1 fully saturated rings. The van der Waals surface area contributed by atoms with Gasteiger partial charge in [-0.2, -0.15) is 4.31 Å². The van der Waals surface area contributed by atoms with E-state index in [9.17, 15) is 18.0 Å². The maximum atomic E-state index is 12.7. The lowest BCUT2D eigenvalue weighted by molar-refractivity contribution is -0.148. The SMILES string of the molecule is Cc1ccc(C(=O)COC(=O)C2CCN(S(=O)(=O)c3cn(C)c(C)n3)CC2)s1. The molecule has 1 saturated heterocycles. The summed E-state index contributed by atoms with van der Waals surface area (Å²) in [6.45, 7) is 3.79. The van der Waals surface area contributed by atoms with E-state index in [0.29, 0.717) is 23.5 Å². The number of ketones is 1. The number of aromatic nitrogens is 2. The Balaban J connectivity index is 1.53. The number of ether oxygens (including phenoxy) is 1. The fourth-order valence-electron chi connectivity index (χ4n) is 3.02. The minimum atomic E-state index is -3.68. The van der Waals surface area contributed by atoms with Crippen LogP contribution in [0.15, 0.2) is 23.4 Å². The van der Waals surface area contributed by atoms with Crippen LogP contribution in [0.5, 0.6) is 0 Å². The molecule has 2 aromatic heterocycles. The van der Waals surface area contributed by atoms with Crippen LogP contribution < -0.4 is 0 Å². The molecule has 0 N–H and O–H groups in total. The number of imidazole rings is 1. The Morgan fingerprint density at radius 2 is 1.93 bits per heavy atom. The Bertz CT molecular complexity index is 965. The van der Waals surface area contributed by atoms with Gasteiger partial charge in [-0.1, -0.05) is 0 Å². The van der Waals surface area contributed by atoms with Crippen molar-refractivity contribution in [3.63, 3.8) is 0 Å². The van der Waals surface area contributed by atoms with E-state index >= 15 is 0 Å². The third kappa shape index (κ3) is 4.34. The molecule has 0 bridgehead atoms. The second kappa shape index (κ2) is 8.14. The van der Waals surface area contributed by atoms with Gasteiger partial charge in [0, 0.05) is 31.2 Å². The first-order chi connectivity index (χ1) is 13.2. The molecule has 3 heterocycles. The van der Waals surface area contributed by atoms with Gasteiger partial charge in [0.05, 0.1) is 10.8 Å². The molecular weight excluding hydrogens is 402 g/mol. The van der Waals surface area contributed by atoms with Crippen molar-refractivity contribution in [3.8, 4) is 0 Å². The summed E-state index contributed by atoms with van der Waals surface area (Å²) in [6, 6.07) is 3.57. The summed E-state index contributed by atoms with van der Waals surface area (Å²) >= 11 is 1.36. The monoisotopic (exact) mass is 425 g/mol. The average Bonchev–Trinajstić information content (AvgIpc) is 3.25. The molecule has 0 saturated carbocycles. The molecule has 1 aliphatic rings. The Labute approximate surface area is 168 Å². The van der Waals surface area contributed by atoms with Crippen molar-refractivity contribution in [2.75, 3.05) is 19.7 Å². The average molecular weight is 426 g/mol. The number of carbonyl (C=O) groups is 2. The smallest absolute Gasteiger partial charge is 0.309 e. The van der Waals surface area contributed by atoms with E-state index in [1.54, 1.807) is 24.6 Å². The van der Waals surface area contributed by atoms with Gasteiger partial charge in [0.25, 0.3) is 10.0 Å². The quantitative estimate of drug-likeness (QED) is 0.518. The second-order valence-electron chi connectivity index (χ2n) is 6.86. The Kier molecular flexibility index (Phi) is 6.01. The van der Waals surface area contributed by atoms with E-state index in [1.165, 1.54) is 21.8 Å². The van der Waals surface area contributed by atoms with Crippen LogP contribution in [-0.4, -0.2) is 53.7 Å². The molecule has 28 heavy (non-hydrogen) atoms. The Morgan fingerprint density at radius 1 is 1.25 bits per heavy atom. The maximum absolute atomic E-state index is 12.7. The van der Waals surface area contributed by atoms with E-state index < -0.39 is 21.9 Å². The number of sulfonamides is 1. The van der Waals surface area contributed by atoms with Gasteiger partial charge in [-0.25, -0.2) is 13.4 Å². The van der Waals surface area contributed by atoms with Crippen molar-refractivity contribution in [1.82, 2.24) is 13.9 Å². The van der Waals surface area contributed by atoms with Gasteiger partial charge in [0.1, 0.15) is 5.82 Å². The minimum Gasteiger partial charge on any atom is -0.457 e. The second-order valence-corrected chi connectivity index (χ2v) is 10.0. The van der Waals surface area contributed by atoms with E-state index in [4.69, 9.17) is 4.74 Å². The first-order valence-electron chi connectivity index (χ1n) is 8.95. The van der Waals surface area contributed by atoms with E-state index in [2.05, 4.69) is 4.98 Å². The number of hydrogen-bond acceptors (Lipinski definition) is 7. The number of Topliss-reactive ketones (excluding diaryl/α,β-unsaturated/α-hetero) is 1. The summed E-state index contributed by atoms with van der Waals surface area (Å²) in [4.78, 5) is 30.0. The molecular formula is C18H23N3O5S2. The van der Waals surface area contributed by atoms with Crippen LogP contribution in [0.1, 0.15) is 33.2 Å². The molecule has 0 amide bonds. The number of esters is 1. The van der Waals surface area contributed by atoms with Crippen LogP contribution in [0.25, 0.3) is 0 Å². The molecule has 0 radical (unpaired) electrons. The number of rotatable bonds is 6. The maximum Gasteiger partial charge on any atom is 0.309 e. The highest BCUT2D eigenvalue weighted by atomic mass is 32.2. The zero-order chi connectivity index (χ0) is 20.5. The summed E-state index contributed by atoms with van der Waals surface area (Å²) in [6.07, 6.45) is 2.20. The van der Waals surface area contributed by atoms with Crippen LogP contribution in [-0.2, 0) is 26.6 Å². The van der Waals surface area contributed by atoms with E-state index in [1.807, 2.05) is 13.0 Å². The van der Waals surface area contributed by atoms with Crippen molar-refractivity contribution in [2.24, 2.45) is 13.0 Å². The van der Waals surface area contributed by atoms with Crippen LogP contribution >= 0.6 is 11.3 Å². The molecule has 3 rings (SSSR count). The van der Waals surface area contributed by atoms with Gasteiger partial charge in [0.2, 0.25) is 5.78 Å². The highest BCUT2D eigenvalue weighted by molar-refractivity contribution is 7.89. The number of aryl methyl sites for hydroxylation is 3. The van der Waals surface area contributed by atoms with Crippen molar-refractivity contribution < 1.29 is 22.7 Å². The lowest BCUT2D eigenvalue weighted by Crippen LogP contribution is -2.40. The normalized spacial score (nSPS) is 16.2. The van der Waals surface area contributed by atoms with Crippen LogP contribution in [0, 0.1) is 19.8 Å². The van der Waals surface area contributed by atoms with Gasteiger partial charge in [-0.15, -0.1) is 11.3 Å². The van der Waals surface area contributed by atoms with Gasteiger partial charge in [0.15, 0.2) is 11.6 Å². The van der Waals surface area contributed by atoms with Gasteiger partial charge in [-0.05, 0) is 38.8 Å². The molecule has 0 aliphatic carbocycles. The summed E-state index contributed by atoms with van der Waals surface area (Å²) in [7, 11) is -1.94. The van der Waals surface area contributed by atoms with Gasteiger partial charge in [-0.3, -0.25) is 9.59 Å². The summed E-state index contributed by atoms with van der Waals surface area (Å²) in [5.74, 6) is -0.471. The number of hydrogen-bond donors (Lipinski definition) is 0. The van der Waals surface area contributed by atoms with Gasteiger partial charge >= 0.3 is 5.97 Å². The Hall–Kier alpha value is -2.04. The number of carbonyl (C=O) groups excluding carboxylic acids is 2. The van der Waals surface area contributed by atoms with Gasteiger partial charge < -0.3 is 9.30 Å². The molecule has 2 aromatic rings. The molecule has 8 nitrogen and oxygen atoms in total. The third-order valence-corrected chi connectivity index (χ3v) is 7.65. The fraction of sp³-hybridized carbons (Fsp3) is 0.500. The molecule has 152 valence electrons. The fourth-order valence-corrected chi connectivity index (χ4v) is 5.31. The summed E-state index contributed by atoms with van der Waals surface area (Å²) < 4.78 is 33.6. The lowest BCUT2D eigenvalue weighted by Gasteiger charge is -2.29. The number of nitrogens with zero attached hydrogens (tertiary/aromatic N) is 3. The molecule has 0 aromatic carbocycles. The summed E-state index contributed by atoms with van der Waals surface area (Å²) in [5.41, 5.74) is 0. The molecule has 1 aliphatic heterocycles. The van der Waals surface area contributed by atoms with E-state index in [0.717, 1.165) is 4.88 Å². The van der Waals surface area contributed by atoms with Crippen molar-refractivity contribution in [3.05, 3.63) is 33.9 Å². The topological polar surface area (TPSA) is 98.6 Å². The zero-order valence-electron chi connectivity index (χ0n) is 16.0. The first-order valence-corrected chi connectivity index (χ1v) is 11.2. The minimum absolute atomic E-state index is 0.0189. The van der Waals surface area contributed by atoms with Crippen molar-refractivity contribution >= 4 is 33.1 Å².